The van der Waals surface area contributed by atoms with E-state index in [0.29, 0.717) is 11.1 Å². The van der Waals surface area contributed by atoms with E-state index in [2.05, 4.69) is 29.9 Å². The van der Waals surface area contributed by atoms with E-state index in [-0.39, 0.29) is 0 Å². The molecule has 0 fully saturated rings. The second-order valence-electron chi connectivity index (χ2n) is 3.91. The minimum absolute atomic E-state index is 0.296. The number of halogens is 1. The third-order valence-electron chi connectivity index (χ3n) is 2.40. The lowest BCUT2D eigenvalue weighted by Crippen LogP contribution is -1.97. The van der Waals surface area contributed by atoms with Gasteiger partial charge in [0.1, 0.15) is 0 Å². The van der Waals surface area contributed by atoms with Gasteiger partial charge in [-0.1, -0.05) is 25.4 Å². The van der Waals surface area contributed by atoms with Crippen LogP contribution in [-0.4, -0.2) is 16.2 Å². The zero-order valence-corrected chi connectivity index (χ0v) is 11.1. The van der Waals surface area contributed by atoms with Gasteiger partial charge in [0.25, 0.3) is 0 Å². The average Bonchev–Trinajstić information content (AvgIpc) is 2.27. The van der Waals surface area contributed by atoms with Gasteiger partial charge in [-0.05, 0) is 30.4 Å². The van der Waals surface area contributed by atoms with E-state index in [9.17, 15) is 0 Å². The van der Waals surface area contributed by atoms with Crippen LogP contribution < -0.4 is 0 Å². The Labute approximate surface area is 104 Å². The maximum Gasteiger partial charge on any atom is 0.151 e. The molecule has 0 aliphatic rings. The lowest BCUT2D eigenvalue weighted by molar-refractivity contribution is 0.822. The molecule has 4 heteroatoms. The fraction of sp³-hybridized carbons (Fsp3) is 0.333. The van der Waals surface area contributed by atoms with Crippen molar-refractivity contribution in [2.75, 3.05) is 6.26 Å². The summed E-state index contributed by atoms with van der Waals surface area (Å²) < 4.78 is 0. The van der Waals surface area contributed by atoms with Crippen LogP contribution in [0.3, 0.4) is 0 Å². The van der Waals surface area contributed by atoms with Gasteiger partial charge in [-0.15, -0.1) is 11.8 Å². The molecule has 0 unspecified atom stereocenters. The van der Waals surface area contributed by atoms with E-state index < -0.39 is 0 Å². The number of benzene rings is 1. The summed E-state index contributed by atoms with van der Waals surface area (Å²) in [5, 5.41) is 0.515. The largest absolute Gasteiger partial charge is 0.248 e. The van der Waals surface area contributed by atoms with Crippen LogP contribution in [-0.2, 0) is 0 Å². The molecule has 2 rings (SSSR count). The Kier molecular flexibility index (Phi) is 3.36. The van der Waals surface area contributed by atoms with Gasteiger partial charge in [0.15, 0.2) is 5.15 Å². The quantitative estimate of drug-likeness (QED) is 0.752. The van der Waals surface area contributed by atoms with Crippen LogP contribution in [0, 0.1) is 0 Å². The van der Waals surface area contributed by atoms with E-state index in [4.69, 9.17) is 11.6 Å². The topological polar surface area (TPSA) is 25.8 Å². The summed E-state index contributed by atoms with van der Waals surface area (Å²) in [6, 6.07) is 6.07. The number of fused-ring (bicyclic) bond motifs is 1. The van der Waals surface area contributed by atoms with Gasteiger partial charge < -0.3 is 0 Å². The van der Waals surface area contributed by atoms with E-state index >= 15 is 0 Å². The van der Waals surface area contributed by atoms with Crippen LogP contribution in [0.25, 0.3) is 11.0 Å². The first-order valence-corrected chi connectivity index (χ1v) is 6.73. The van der Waals surface area contributed by atoms with Crippen molar-refractivity contribution in [1.82, 2.24) is 9.97 Å². The molecule has 0 saturated carbocycles. The maximum atomic E-state index is 6.11. The molecule has 1 aromatic carbocycles. The summed E-state index contributed by atoms with van der Waals surface area (Å²) in [5.74, 6) is 0.296. The minimum Gasteiger partial charge on any atom is -0.248 e. The molecule has 0 atom stereocenters. The van der Waals surface area contributed by atoms with Crippen molar-refractivity contribution < 1.29 is 0 Å². The van der Waals surface area contributed by atoms with E-state index in [1.165, 1.54) is 4.90 Å². The number of nitrogens with zero attached hydrogens (tertiary/aromatic N) is 2. The summed E-state index contributed by atoms with van der Waals surface area (Å²) in [6.07, 6.45) is 2.04. The summed E-state index contributed by atoms with van der Waals surface area (Å²) in [6.45, 7) is 4.13. The fourth-order valence-corrected chi connectivity index (χ4v) is 2.31. The van der Waals surface area contributed by atoms with Crippen molar-refractivity contribution in [3.63, 3.8) is 0 Å². The lowest BCUT2D eigenvalue weighted by atomic mass is 10.1. The summed E-state index contributed by atoms with van der Waals surface area (Å²) in [4.78, 5) is 10.1. The highest BCUT2D eigenvalue weighted by Crippen LogP contribution is 2.25. The van der Waals surface area contributed by atoms with Gasteiger partial charge in [-0.25, -0.2) is 9.97 Å². The molecule has 0 spiro atoms. The number of hydrogen-bond donors (Lipinski definition) is 0. The smallest absolute Gasteiger partial charge is 0.151 e. The first-order valence-electron chi connectivity index (χ1n) is 5.13. The van der Waals surface area contributed by atoms with E-state index in [1.54, 1.807) is 11.8 Å². The average molecular weight is 253 g/mol. The zero-order valence-electron chi connectivity index (χ0n) is 9.49. The first kappa shape index (κ1) is 11.7. The van der Waals surface area contributed by atoms with Gasteiger partial charge in [0, 0.05) is 4.90 Å². The monoisotopic (exact) mass is 252 g/mol. The van der Waals surface area contributed by atoms with E-state index in [0.717, 1.165) is 16.7 Å². The molecule has 0 bridgehead atoms. The number of hydrogen-bond acceptors (Lipinski definition) is 3. The summed E-state index contributed by atoms with van der Waals surface area (Å²) in [5.41, 5.74) is 2.64. The number of aromatic nitrogens is 2. The van der Waals surface area contributed by atoms with Gasteiger partial charge in [0.05, 0.1) is 16.7 Å². The molecule has 0 aliphatic carbocycles. The zero-order chi connectivity index (χ0) is 11.7. The first-order chi connectivity index (χ1) is 7.61. The number of rotatable bonds is 2. The second kappa shape index (κ2) is 4.60. The van der Waals surface area contributed by atoms with E-state index in [1.807, 2.05) is 18.4 Å². The Morgan fingerprint density at radius 2 is 1.94 bits per heavy atom. The highest BCUT2D eigenvalue weighted by Gasteiger charge is 2.10. The molecule has 16 heavy (non-hydrogen) atoms. The van der Waals surface area contributed by atoms with Gasteiger partial charge in [-0.3, -0.25) is 0 Å². The summed E-state index contributed by atoms with van der Waals surface area (Å²) in [7, 11) is 0. The van der Waals surface area contributed by atoms with Crippen molar-refractivity contribution in [2.24, 2.45) is 0 Å². The molecule has 0 N–H and O–H groups in total. The van der Waals surface area contributed by atoms with Crippen molar-refractivity contribution >= 4 is 34.4 Å². The third kappa shape index (κ3) is 2.15. The predicted octanol–water partition coefficient (Wildman–Crippen LogP) is 4.13. The van der Waals surface area contributed by atoms with Crippen LogP contribution in [0.4, 0.5) is 0 Å². The van der Waals surface area contributed by atoms with Crippen LogP contribution in [0.5, 0.6) is 0 Å². The van der Waals surface area contributed by atoms with Crippen LogP contribution >= 0.6 is 23.4 Å². The Bertz CT molecular complexity index is 526. The van der Waals surface area contributed by atoms with Crippen LogP contribution in [0.1, 0.15) is 25.5 Å². The standard InChI is InChI=1S/C12H13ClN2S/c1-7(2)11-12(13)15-10-6-8(16-3)4-5-9(10)14-11/h4-7H,1-3H3. The summed E-state index contributed by atoms with van der Waals surface area (Å²) >= 11 is 7.80. The van der Waals surface area contributed by atoms with Crippen molar-refractivity contribution in [2.45, 2.75) is 24.7 Å². The Hall–Kier alpha value is -0.800. The Morgan fingerprint density at radius 3 is 2.56 bits per heavy atom. The molecule has 0 amide bonds. The molecule has 84 valence electrons. The molecule has 2 nitrogen and oxygen atoms in total. The van der Waals surface area contributed by atoms with Gasteiger partial charge in [-0.2, -0.15) is 0 Å². The number of thioether (sulfide) groups is 1. The highest BCUT2D eigenvalue weighted by molar-refractivity contribution is 7.98. The SMILES string of the molecule is CSc1ccc2nc(C(C)C)c(Cl)nc2c1. The lowest BCUT2D eigenvalue weighted by Gasteiger charge is -2.08. The van der Waals surface area contributed by atoms with Crippen LogP contribution in [0.2, 0.25) is 5.15 Å². The Morgan fingerprint density at radius 1 is 1.19 bits per heavy atom. The predicted molar refractivity (Wildman–Crippen MR) is 70.4 cm³/mol. The normalized spacial score (nSPS) is 11.3. The molecular formula is C12H13ClN2S. The van der Waals surface area contributed by atoms with Crippen molar-refractivity contribution in [3.8, 4) is 0 Å². The second-order valence-corrected chi connectivity index (χ2v) is 5.15. The minimum atomic E-state index is 0.296. The van der Waals surface area contributed by atoms with Crippen molar-refractivity contribution in [3.05, 3.63) is 29.0 Å². The molecule has 0 saturated heterocycles. The molecule has 1 aromatic heterocycles. The molecular weight excluding hydrogens is 240 g/mol. The fourth-order valence-electron chi connectivity index (χ4n) is 1.52. The third-order valence-corrected chi connectivity index (χ3v) is 3.40. The molecule has 0 aliphatic heterocycles. The molecule has 1 heterocycles. The van der Waals surface area contributed by atoms with Gasteiger partial charge in [0.2, 0.25) is 0 Å². The Balaban J connectivity index is 2.64. The maximum absolute atomic E-state index is 6.11. The van der Waals surface area contributed by atoms with Gasteiger partial charge >= 0.3 is 0 Å². The highest BCUT2D eigenvalue weighted by atomic mass is 35.5. The van der Waals surface area contributed by atoms with Crippen molar-refractivity contribution in [1.29, 1.82) is 0 Å². The van der Waals surface area contributed by atoms with Crippen LogP contribution in [0.15, 0.2) is 23.1 Å². The molecule has 2 aromatic rings. The molecule has 0 radical (unpaired) electrons.